The van der Waals surface area contributed by atoms with Gasteiger partial charge < -0.3 is 4.74 Å². The lowest BCUT2D eigenvalue weighted by Gasteiger charge is -2.20. The molecule has 0 amide bonds. The molecule has 0 unspecified atom stereocenters. The lowest BCUT2D eigenvalue weighted by molar-refractivity contribution is -0.144. The first kappa shape index (κ1) is 14.2. The molecule has 0 aliphatic carbocycles. The minimum absolute atomic E-state index is 0.0282. The molecule has 1 fully saturated rings. The van der Waals surface area contributed by atoms with E-state index in [1.54, 1.807) is 0 Å². The smallest absolute Gasteiger partial charge is 0.305 e. The van der Waals surface area contributed by atoms with E-state index >= 15 is 0 Å². The van der Waals surface area contributed by atoms with Gasteiger partial charge in [0.25, 0.3) is 0 Å². The number of hydrogen-bond donors (Lipinski definition) is 0. The van der Waals surface area contributed by atoms with E-state index in [-0.39, 0.29) is 5.97 Å². The third-order valence-electron chi connectivity index (χ3n) is 2.29. The average Bonchev–Trinajstić information content (AvgIpc) is 2.28. The van der Waals surface area contributed by atoms with Crippen molar-refractivity contribution in [1.29, 1.82) is 0 Å². The maximum atomic E-state index is 11.4. The first-order chi connectivity index (χ1) is 7.68. The molecule has 2 nitrogen and oxygen atoms in total. The van der Waals surface area contributed by atoms with Gasteiger partial charge in [-0.3, -0.25) is 4.79 Å². The molecular weight excluding hydrogens is 240 g/mol. The van der Waals surface area contributed by atoms with Crippen molar-refractivity contribution >= 4 is 29.5 Å². The monoisotopic (exact) mass is 262 g/mol. The van der Waals surface area contributed by atoms with Gasteiger partial charge in [0.05, 0.1) is 11.2 Å². The molecule has 0 aromatic carbocycles. The summed E-state index contributed by atoms with van der Waals surface area (Å²) in [6, 6.07) is 0. The Morgan fingerprint density at radius 3 is 2.69 bits per heavy atom. The SMILES string of the molecule is CC(C)COC(=O)CCCC1SCCCS1. The first-order valence-corrected chi connectivity index (χ1v) is 8.17. The Labute approximate surface area is 107 Å². The fourth-order valence-electron chi connectivity index (χ4n) is 1.45. The van der Waals surface area contributed by atoms with Crippen molar-refractivity contribution in [1.82, 2.24) is 0 Å². The van der Waals surface area contributed by atoms with Crippen LogP contribution in [0.1, 0.15) is 39.5 Å². The highest BCUT2D eigenvalue weighted by Gasteiger charge is 2.14. The van der Waals surface area contributed by atoms with Gasteiger partial charge in [-0.25, -0.2) is 0 Å². The molecule has 0 N–H and O–H groups in total. The highest BCUT2D eigenvalue weighted by molar-refractivity contribution is 8.17. The molecule has 1 rings (SSSR count). The van der Waals surface area contributed by atoms with E-state index in [0.29, 0.717) is 23.5 Å². The van der Waals surface area contributed by atoms with Gasteiger partial charge in [-0.05, 0) is 36.7 Å². The summed E-state index contributed by atoms with van der Waals surface area (Å²) < 4.78 is 5.85. The number of thioether (sulfide) groups is 2. The summed E-state index contributed by atoms with van der Waals surface area (Å²) in [6.07, 6.45) is 4.04. The summed E-state index contributed by atoms with van der Waals surface area (Å²) in [6.45, 7) is 4.68. The second kappa shape index (κ2) is 8.29. The number of rotatable bonds is 6. The predicted octanol–water partition coefficient (Wildman–Crippen LogP) is 3.55. The molecule has 16 heavy (non-hydrogen) atoms. The van der Waals surface area contributed by atoms with Crippen molar-refractivity contribution in [3.05, 3.63) is 0 Å². The Morgan fingerprint density at radius 1 is 1.38 bits per heavy atom. The van der Waals surface area contributed by atoms with Crippen LogP contribution in [-0.4, -0.2) is 28.7 Å². The summed E-state index contributed by atoms with van der Waals surface area (Å²) in [5.74, 6) is 2.98. The molecule has 0 atom stereocenters. The van der Waals surface area contributed by atoms with Crippen molar-refractivity contribution in [2.24, 2.45) is 5.92 Å². The van der Waals surface area contributed by atoms with E-state index in [2.05, 4.69) is 13.8 Å². The first-order valence-electron chi connectivity index (χ1n) is 6.07. The fourth-order valence-corrected chi connectivity index (χ4v) is 4.41. The highest BCUT2D eigenvalue weighted by atomic mass is 32.2. The number of ether oxygens (including phenoxy) is 1. The molecule has 0 radical (unpaired) electrons. The van der Waals surface area contributed by atoms with Gasteiger partial charge in [0.2, 0.25) is 0 Å². The van der Waals surface area contributed by atoms with Crippen LogP contribution in [0.3, 0.4) is 0 Å². The molecular formula is C12H22O2S2. The number of carbonyl (C=O) groups excluding carboxylic acids is 1. The highest BCUT2D eigenvalue weighted by Crippen LogP contribution is 2.33. The second-order valence-electron chi connectivity index (χ2n) is 4.49. The summed E-state index contributed by atoms with van der Waals surface area (Å²) in [5.41, 5.74) is 0. The van der Waals surface area contributed by atoms with Crippen LogP contribution in [0, 0.1) is 5.92 Å². The van der Waals surface area contributed by atoms with Gasteiger partial charge in [-0.15, -0.1) is 23.5 Å². The van der Waals surface area contributed by atoms with E-state index in [1.165, 1.54) is 17.9 Å². The summed E-state index contributed by atoms with van der Waals surface area (Å²) >= 11 is 4.09. The molecule has 4 heteroatoms. The van der Waals surface area contributed by atoms with Crippen molar-refractivity contribution < 1.29 is 9.53 Å². The van der Waals surface area contributed by atoms with Crippen LogP contribution in [-0.2, 0) is 9.53 Å². The van der Waals surface area contributed by atoms with Crippen molar-refractivity contribution in [2.75, 3.05) is 18.1 Å². The van der Waals surface area contributed by atoms with Crippen LogP contribution >= 0.6 is 23.5 Å². The van der Waals surface area contributed by atoms with Gasteiger partial charge in [0, 0.05) is 6.42 Å². The minimum atomic E-state index is -0.0282. The van der Waals surface area contributed by atoms with Crippen LogP contribution in [0.2, 0.25) is 0 Å². The Hall–Kier alpha value is 0.170. The van der Waals surface area contributed by atoms with E-state index in [0.717, 1.165) is 12.8 Å². The lowest BCUT2D eigenvalue weighted by Crippen LogP contribution is -2.11. The van der Waals surface area contributed by atoms with Crippen molar-refractivity contribution in [3.8, 4) is 0 Å². The molecule has 1 heterocycles. The van der Waals surface area contributed by atoms with Gasteiger partial charge in [-0.2, -0.15) is 0 Å². The number of carbonyl (C=O) groups is 1. The van der Waals surface area contributed by atoms with E-state index in [9.17, 15) is 4.79 Å². The zero-order valence-electron chi connectivity index (χ0n) is 10.2. The van der Waals surface area contributed by atoms with Gasteiger partial charge >= 0.3 is 5.97 Å². The van der Waals surface area contributed by atoms with Crippen LogP contribution in [0.25, 0.3) is 0 Å². The maximum Gasteiger partial charge on any atom is 0.305 e. The van der Waals surface area contributed by atoms with Crippen molar-refractivity contribution in [3.63, 3.8) is 0 Å². The van der Waals surface area contributed by atoms with Gasteiger partial charge in [0.15, 0.2) is 0 Å². The number of esters is 1. The van der Waals surface area contributed by atoms with Gasteiger partial charge in [0.1, 0.15) is 0 Å². The molecule has 1 saturated heterocycles. The molecule has 0 bridgehead atoms. The molecule has 0 spiro atoms. The fraction of sp³-hybridized carbons (Fsp3) is 0.917. The lowest BCUT2D eigenvalue weighted by atomic mass is 10.2. The average molecular weight is 262 g/mol. The van der Waals surface area contributed by atoms with Crippen LogP contribution in [0.5, 0.6) is 0 Å². The third kappa shape index (κ3) is 6.69. The normalized spacial score (nSPS) is 17.7. The molecule has 0 aromatic heterocycles. The minimum Gasteiger partial charge on any atom is -0.465 e. The van der Waals surface area contributed by atoms with E-state index < -0.39 is 0 Å². The molecule has 0 saturated carbocycles. The Kier molecular flexibility index (Phi) is 7.37. The van der Waals surface area contributed by atoms with Crippen LogP contribution in [0.15, 0.2) is 0 Å². The summed E-state index contributed by atoms with van der Waals surface area (Å²) in [7, 11) is 0. The van der Waals surface area contributed by atoms with Crippen molar-refractivity contribution in [2.45, 2.75) is 44.1 Å². The van der Waals surface area contributed by atoms with Gasteiger partial charge in [-0.1, -0.05) is 13.8 Å². The Morgan fingerprint density at radius 2 is 2.06 bits per heavy atom. The topological polar surface area (TPSA) is 26.3 Å². The van der Waals surface area contributed by atoms with E-state index in [1.807, 2.05) is 23.5 Å². The summed E-state index contributed by atoms with van der Waals surface area (Å²) in [5, 5.41) is 0. The number of hydrogen-bond acceptors (Lipinski definition) is 4. The van der Waals surface area contributed by atoms with E-state index in [4.69, 9.17) is 4.74 Å². The standard InChI is InChI=1S/C12H22O2S2/c1-10(2)9-14-11(13)5-3-6-12-15-7-4-8-16-12/h10,12H,3-9H2,1-2H3. The van der Waals surface area contributed by atoms with Crippen LogP contribution < -0.4 is 0 Å². The Bertz CT molecular complexity index is 201. The largest absolute Gasteiger partial charge is 0.465 e. The predicted molar refractivity (Wildman–Crippen MR) is 73.0 cm³/mol. The quantitative estimate of drug-likeness (QED) is 0.684. The molecule has 1 aliphatic heterocycles. The zero-order valence-corrected chi connectivity index (χ0v) is 11.9. The molecule has 1 aliphatic rings. The third-order valence-corrected chi connectivity index (χ3v) is 5.37. The Balaban J connectivity index is 1.99. The zero-order chi connectivity index (χ0) is 11.8. The molecule has 0 aromatic rings. The maximum absolute atomic E-state index is 11.4. The second-order valence-corrected chi connectivity index (χ2v) is 7.41. The summed E-state index contributed by atoms with van der Waals surface area (Å²) in [4.78, 5) is 11.4. The van der Waals surface area contributed by atoms with Crippen LogP contribution in [0.4, 0.5) is 0 Å². The molecule has 94 valence electrons.